The third-order valence-electron chi connectivity index (χ3n) is 9.79. The molecule has 4 saturated carbocycles. The van der Waals surface area contributed by atoms with Crippen molar-refractivity contribution < 1.29 is 19.4 Å². The zero-order valence-electron chi connectivity index (χ0n) is 18.1. The molecular formula is C24H38O4. The maximum Gasteiger partial charge on any atom is 0.308 e. The van der Waals surface area contributed by atoms with Crippen LogP contribution < -0.4 is 0 Å². The van der Waals surface area contributed by atoms with Gasteiger partial charge in [0.05, 0.1) is 18.6 Å². The molecule has 0 aromatic carbocycles. The highest BCUT2D eigenvalue weighted by Crippen LogP contribution is 2.66. The van der Waals surface area contributed by atoms with Crippen molar-refractivity contribution >= 4 is 11.8 Å². The Morgan fingerprint density at radius 3 is 2.61 bits per heavy atom. The first-order chi connectivity index (χ1) is 13.2. The molecule has 0 amide bonds. The Kier molecular flexibility index (Phi) is 5.17. The lowest BCUT2D eigenvalue weighted by Gasteiger charge is -2.61. The normalized spacial score (nSPS) is 49.0. The number of rotatable bonds is 3. The quantitative estimate of drug-likeness (QED) is 0.726. The molecule has 1 N–H and O–H groups in total. The monoisotopic (exact) mass is 390 g/mol. The van der Waals surface area contributed by atoms with Crippen LogP contribution in [0.5, 0.6) is 0 Å². The Hall–Kier alpha value is -0.900. The predicted molar refractivity (Wildman–Crippen MR) is 107 cm³/mol. The van der Waals surface area contributed by atoms with Crippen LogP contribution in [0.1, 0.15) is 79.1 Å². The van der Waals surface area contributed by atoms with Gasteiger partial charge in [0.2, 0.25) is 0 Å². The van der Waals surface area contributed by atoms with Crippen molar-refractivity contribution in [2.75, 3.05) is 6.61 Å². The lowest BCUT2D eigenvalue weighted by atomic mass is 9.43. The highest BCUT2D eigenvalue weighted by atomic mass is 16.5. The summed E-state index contributed by atoms with van der Waals surface area (Å²) < 4.78 is 5.27. The molecule has 0 aromatic rings. The second-order valence-corrected chi connectivity index (χ2v) is 10.8. The van der Waals surface area contributed by atoms with Crippen molar-refractivity contribution in [1.82, 2.24) is 0 Å². The second kappa shape index (κ2) is 7.11. The van der Waals surface area contributed by atoms with Crippen LogP contribution in [0.15, 0.2) is 0 Å². The standard InChI is InChI=1S/C24H38O4/c1-5-28-22(27)14(2)15-8-10-23(3)18-9-11-24(4)17(6-7-21(24)26)16(18)13-20(25)19(23)12-15/h14-20,25H,5-13H2,1-4H3/t14-,15+,16?,17?,18?,19?,20+,23-,24+/m1/s1. The number of aliphatic hydroxyl groups is 1. The molecule has 0 radical (unpaired) electrons. The molecule has 4 nitrogen and oxygen atoms in total. The van der Waals surface area contributed by atoms with E-state index in [4.69, 9.17) is 4.74 Å². The van der Waals surface area contributed by atoms with Gasteiger partial charge in [-0.2, -0.15) is 0 Å². The van der Waals surface area contributed by atoms with E-state index in [9.17, 15) is 14.7 Å². The number of carbonyl (C=O) groups excluding carboxylic acids is 2. The maximum absolute atomic E-state index is 12.6. The average Bonchev–Trinajstić information content (AvgIpc) is 2.96. The molecule has 28 heavy (non-hydrogen) atoms. The van der Waals surface area contributed by atoms with E-state index in [2.05, 4.69) is 13.8 Å². The van der Waals surface area contributed by atoms with Crippen molar-refractivity contribution in [3.63, 3.8) is 0 Å². The number of carbonyl (C=O) groups is 2. The van der Waals surface area contributed by atoms with Gasteiger partial charge in [-0.1, -0.05) is 20.8 Å². The van der Waals surface area contributed by atoms with E-state index >= 15 is 0 Å². The Morgan fingerprint density at radius 1 is 1.14 bits per heavy atom. The lowest BCUT2D eigenvalue weighted by molar-refractivity contribution is -0.171. The molecule has 0 aromatic heterocycles. The SMILES string of the molecule is CCOC(=O)[C@H](C)[C@H]1CC[C@]2(C)C3CC[C@]4(C)C(=O)CCC4C3C[C@H](O)C2C1. The van der Waals surface area contributed by atoms with Crippen LogP contribution in [-0.4, -0.2) is 29.6 Å². The molecule has 4 aliphatic rings. The van der Waals surface area contributed by atoms with E-state index < -0.39 is 0 Å². The molecule has 0 spiro atoms. The number of fused-ring (bicyclic) bond motifs is 5. The predicted octanol–water partition coefficient (Wildman–Crippen LogP) is 4.38. The summed E-state index contributed by atoms with van der Waals surface area (Å²) in [5, 5.41) is 11.2. The van der Waals surface area contributed by atoms with E-state index in [1.165, 1.54) is 0 Å². The topological polar surface area (TPSA) is 63.6 Å². The minimum atomic E-state index is -0.304. The third-order valence-corrected chi connectivity index (χ3v) is 9.79. The first-order valence-electron chi connectivity index (χ1n) is 11.6. The average molecular weight is 391 g/mol. The van der Waals surface area contributed by atoms with Crippen molar-refractivity contribution in [3.05, 3.63) is 0 Å². The fourth-order valence-corrected chi connectivity index (χ4v) is 8.02. The number of hydrogen-bond donors (Lipinski definition) is 1. The number of aliphatic hydroxyl groups excluding tert-OH is 1. The number of Topliss-reactive ketones (excluding diaryl/α,β-unsaturated/α-hetero) is 1. The molecule has 0 bridgehead atoms. The summed E-state index contributed by atoms with van der Waals surface area (Å²) in [6.45, 7) is 8.89. The van der Waals surface area contributed by atoms with Gasteiger partial charge in [-0.25, -0.2) is 0 Å². The van der Waals surface area contributed by atoms with Crippen LogP contribution in [-0.2, 0) is 14.3 Å². The molecule has 4 rings (SSSR count). The van der Waals surface area contributed by atoms with Gasteiger partial charge in [-0.15, -0.1) is 0 Å². The van der Waals surface area contributed by atoms with E-state index in [0.29, 0.717) is 36.1 Å². The molecule has 4 unspecified atom stereocenters. The highest BCUT2D eigenvalue weighted by molar-refractivity contribution is 5.87. The summed E-state index contributed by atoms with van der Waals surface area (Å²) >= 11 is 0. The Labute approximate surface area is 169 Å². The highest BCUT2D eigenvalue weighted by Gasteiger charge is 2.62. The summed E-state index contributed by atoms with van der Waals surface area (Å²) in [5.74, 6) is 2.43. The van der Waals surface area contributed by atoms with Gasteiger partial charge in [0.25, 0.3) is 0 Å². The smallest absolute Gasteiger partial charge is 0.308 e. The lowest BCUT2D eigenvalue weighted by Crippen LogP contribution is -2.58. The summed E-state index contributed by atoms with van der Waals surface area (Å²) in [6, 6.07) is 0. The first kappa shape index (κ1) is 20.4. The van der Waals surface area contributed by atoms with Crippen molar-refractivity contribution in [1.29, 1.82) is 0 Å². The Balaban J connectivity index is 1.54. The van der Waals surface area contributed by atoms with Gasteiger partial charge in [0, 0.05) is 11.8 Å². The van der Waals surface area contributed by atoms with Gasteiger partial charge < -0.3 is 9.84 Å². The zero-order valence-corrected chi connectivity index (χ0v) is 18.1. The molecule has 158 valence electrons. The summed E-state index contributed by atoms with van der Waals surface area (Å²) in [4.78, 5) is 24.8. The first-order valence-corrected chi connectivity index (χ1v) is 11.6. The number of ether oxygens (including phenoxy) is 1. The van der Waals surface area contributed by atoms with E-state index in [-0.39, 0.29) is 34.7 Å². The summed E-state index contributed by atoms with van der Waals surface area (Å²) in [5.41, 5.74) is -0.000107. The minimum absolute atomic E-state index is 0.0859. The van der Waals surface area contributed by atoms with Crippen LogP contribution in [0.25, 0.3) is 0 Å². The van der Waals surface area contributed by atoms with Crippen LogP contribution in [0.3, 0.4) is 0 Å². The molecule has 0 heterocycles. The Morgan fingerprint density at radius 2 is 1.89 bits per heavy atom. The van der Waals surface area contributed by atoms with Crippen LogP contribution in [0, 0.1) is 46.3 Å². The van der Waals surface area contributed by atoms with E-state index in [1.807, 2.05) is 13.8 Å². The van der Waals surface area contributed by atoms with Crippen molar-refractivity contribution in [3.8, 4) is 0 Å². The minimum Gasteiger partial charge on any atom is -0.466 e. The summed E-state index contributed by atoms with van der Waals surface area (Å²) in [6.07, 6.45) is 7.51. The van der Waals surface area contributed by atoms with E-state index in [0.717, 1.165) is 51.4 Å². The van der Waals surface area contributed by atoms with Gasteiger partial charge in [0.1, 0.15) is 5.78 Å². The molecule has 4 heteroatoms. The molecular weight excluding hydrogens is 352 g/mol. The second-order valence-electron chi connectivity index (χ2n) is 10.8. The number of esters is 1. The Bertz CT molecular complexity index is 645. The fourth-order valence-electron chi connectivity index (χ4n) is 8.02. The molecule has 4 fully saturated rings. The molecule has 0 aliphatic heterocycles. The van der Waals surface area contributed by atoms with Crippen molar-refractivity contribution in [2.45, 2.75) is 85.2 Å². The van der Waals surface area contributed by atoms with Crippen LogP contribution in [0.4, 0.5) is 0 Å². The van der Waals surface area contributed by atoms with Crippen molar-refractivity contribution in [2.24, 2.45) is 46.3 Å². The van der Waals surface area contributed by atoms with E-state index in [1.54, 1.807) is 0 Å². The zero-order chi connectivity index (χ0) is 20.3. The fraction of sp³-hybridized carbons (Fsp3) is 0.917. The van der Waals surface area contributed by atoms with Gasteiger partial charge in [-0.3, -0.25) is 9.59 Å². The third kappa shape index (κ3) is 2.88. The molecule has 9 atom stereocenters. The maximum atomic E-state index is 12.6. The van der Waals surface area contributed by atoms with Gasteiger partial charge in [0.15, 0.2) is 0 Å². The number of ketones is 1. The molecule has 0 saturated heterocycles. The largest absolute Gasteiger partial charge is 0.466 e. The molecule has 4 aliphatic carbocycles. The number of hydrogen-bond acceptors (Lipinski definition) is 4. The van der Waals surface area contributed by atoms with Gasteiger partial charge >= 0.3 is 5.97 Å². The van der Waals surface area contributed by atoms with Crippen LogP contribution in [0.2, 0.25) is 0 Å². The van der Waals surface area contributed by atoms with Crippen LogP contribution >= 0.6 is 0 Å². The van der Waals surface area contributed by atoms with Gasteiger partial charge in [-0.05, 0) is 86.9 Å². The summed E-state index contributed by atoms with van der Waals surface area (Å²) in [7, 11) is 0.